The third kappa shape index (κ3) is 5.83. The summed E-state index contributed by atoms with van der Waals surface area (Å²) >= 11 is 5.41. The summed E-state index contributed by atoms with van der Waals surface area (Å²) in [5, 5.41) is 0. The molecule has 0 aromatic heterocycles. The SMILES string of the molecule is C=C(CCl)COCOC. The Morgan fingerprint density at radius 3 is 2.78 bits per heavy atom. The van der Waals surface area contributed by atoms with Gasteiger partial charge in [0.15, 0.2) is 0 Å². The Kier molecular flexibility index (Phi) is 6.04. The molecule has 54 valence electrons. The summed E-state index contributed by atoms with van der Waals surface area (Å²) in [6.07, 6.45) is 0. The van der Waals surface area contributed by atoms with Crippen LogP contribution in [-0.4, -0.2) is 26.4 Å². The van der Waals surface area contributed by atoms with Crippen LogP contribution in [0.1, 0.15) is 0 Å². The molecule has 2 nitrogen and oxygen atoms in total. The molecule has 9 heavy (non-hydrogen) atoms. The second-order valence-electron chi connectivity index (χ2n) is 1.64. The highest BCUT2D eigenvalue weighted by Gasteiger charge is 1.89. The minimum atomic E-state index is 0.301. The van der Waals surface area contributed by atoms with Crippen LogP contribution in [0.5, 0.6) is 0 Å². The maximum absolute atomic E-state index is 5.41. The van der Waals surface area contributed by atoms with Crippen molar-refractivity contribution in [2.75, 3.05) is 26.4 Å². The first-order chi connectivity index (χ1) is 4.31. The fraction of sp³-hybridized carbons (Fsp3) is 0.667. The molecule has 0 atom stereocenters. The molecule has 0 aliphatic rings. The fourth-order valence-corrected chi connectivity index (χ4v) is 0.385. The first kappa shape index (κ1) is 8.95. The van der Waals surface area contributed by atoms with Crippen LogP contribution in [0.4, 0.5) is 0 Å². The third-order valence-electron chi connectivity index (χ3n) is 0.696. The number of rotatable bonds is 5. The summed E-state index contributed by atoms with van der Waals surface area (Å²) in [5.41, 5.74) is 0.869. The quantitative estimate of drug-likeness (QED) is 0.255. The first-order valence-electron chi connectivity index (χ1n) is 2.60. The highest BCUT2D eigenvalue weighted by atomic mass is 35.5. The monoisotopic (exact) mass is 150 g/mol. The van der Waals surface area contributed by atoms with Crippen molar-refractivity contribution in [1.29, 1.82) is 0 Å². The number of hydrogen-bond donors (Lipinski definition) is 0. The van der Waals surface area contributed by atoms with Crippen LogP contribution in [-0.2, 0) is 9.47 Å². The lowest BCUT2D eigenvalue weighted by Gasteiger charge is -2.01. The zero-order valence-electron chi connectivity index (χ0n) is 5.52. The first-order valence-corrected chi connectivity index (χ1v) is 3.14. The molecular formula is C6H11ClO2. The van der Waals surface area contributed by atoms with Crippen LogP contribution in [0.2, 0.25) is 0 Å². The lowest BCUT2D eigenvalue weighted by Crippen LogP contribution is -2.00. The van der Waals surface area contributed by atoms with Crippen molar-refractivity contribution >= 4 is 11.6 Å². The largest absolute Gasteiger partial charge is 0.359 e. The van der Waals surface area contributed by atoms with Gasteiger partial charge >= 0.3 is 0 Å². The molecule has 0 rings (SSSR count). The molecule has 0 heterocycles. The van der Waals surface area contributed by atoms with Crippen molar-refractivity contribution in [2.45, 2.75) is 0 Å². The van der Waals surface area contributed by atoms with Gasteiger partial charge in [0.05, 0.1) is 6.61 Å². The minimum Gasteiger partial charge on any atom is -0.359 e. The van der Waals surface area contributed by atoms with Crippen molar-refractivity contribution in [2.24, 2.45) is 0 Å². The van der Waals surface area contributed by atoms with Crippen molar-refractivity contribution in [3.63, 3.8) is 0 Å². The number of hydrogen-bond acceptors (Lipinski definition) is 2. The second kappa shape index (κ2) is 6.08. The van der Waals surface area contributed by atoms with E-state index < -0.39 is 0 Å². The van der Waals surface area contributed by atoms with E-state index in [1.807, 2.05) is 0 Å². The summed E-state index contributed by atoms with van der Waals surface area (Å²) in [6, 6.07) is 0. The highest BCUT2D eigenvalue weighted by molar-refractivity contribution is 6.19. The van der Waals surface area contributed by atoms with Crippen LogP contribution >= 0.6 is 11.6 Å². The third-order valence-corrected chi connectivity index (χ3v) is 1.07. The summed E-state index contributed by atoms with van der Waals surface area (Å²) in [6.45, 7) is 4.42. The van der Waals surface area contributed by atoms with E-state index in [9.17, 15) is 0 Å². The van der Waals surface area contributed by atoms with Gasteiger partial charge in [-0.25, -0.2) is 0 Å². The Morgan fingerprint density at radius 2 is 2.33 bits per heavy atom. The van der Waals surface area contributed by atoms with Gasteiger partial charge in [0.25, 0.3) is 0 Å². The van der Waals surface area contributed by atoms with Crippen molar-refractivity contribution < 1.29 is 9.47 Å². The summed E-state index contributed by atoms with van der Waals surface area (Å²) in [5.74, 6) is 0.448. The molecule has 3 heteroatoms. The molecule has 0 saturated carbocycles. The lowest BCUT2D eigenvalue weighted by atomic mass is 10.4. The molecule has 0 spiro atoms. The molecule has 0 aliphatic carbocycles. The lowest BCUT2D eigenvalue weighted by molar-refractivity contribution is -0.0209. The van der Waals surface area contributed by atoms with Gasteiger partial charge in [0.1, 0.15) is 6.79 Å². The summed E-state index contributed by atoms with van der Waals surface area (Å²) < 4.78 is 9.56. The molecule has 0 N–H and O–H groups in total. The van der Waals surface area contributed by atoms with Gasteiger partial charge in [-0.05, 0) is 5.57 Å². The van der Waals surface area contributed by atoms with E-state index in [1.54, 1.807) is 7.11 Å². The molecule has 0 amide bonds. The van der Waals surface area contributed by atoms with Crippen LogP contribution in [0.3, 0.4) is 0 Å². The van der Waals surface area contributed by atoms with Gasteiger partial charge in [-0.15, -0.1) is 11.6 Å². The van der Waals surface area contributed by atoms with Gasteiger partial charge in [0.2, 0.25) is 0 Å². The van der Waals surface area contributed by atoms with Crippen LogP contribution in [0.25, 0.3) is 0 Å². The topological polar surface area (TPSA) is 18.5 Å². The Bertz CT molecular complexity index is 83.1. The molecule has 0 bridgehead atoms. The summed E-state index contributed by atoms with van der Waals surface area (Å²) in [7, 11) is 1.57. The molecular weight excluding hydrogens is 140 g/mol. The zero-order valence-corrected chi connectivity index (χ0v) is 6.28. The standard InChI is InChI=1S/C6H11ClO2/c1-6(3-7)4-9-5-8-2/h1,3-5H2,2H3. The molecule has 0 radical (unpaired) electrons. The fourth-order valence-electron chi connectivity index (χ4n) is 0.308. The van der Waals surface area contributed by atoms with E-state index in [0.717, 1.165) is 5.57 Å². The van der Waals surface area contributed by atoms with E-state index in [1.165, 1.54) is 0 Å². The zero-order chi connectivity index (χ0) is 7.11. The van der Waals surface area contributed by atoms with Gasteiger partial charge in [0, 0.05) is 13.0 Å². The van der Waals surface area contributed by atoms with E-state index in [2.05, 4.69) is 11.3 Å². The average molecular weight is 151 g/mol. The molecule has 0 aromatic rings. The predicted octanol–water partition coefficient (Wildman–Crippen LogP) is 1.40. The van der Waals surface area contributed by atoms with E-state index in [-0.39, 0.29) is 0 Å². The smallest absolute Gasteiger partial charge is 0.146 e. The minimum absolute atomic E-state index is 0.301. The Labute approximate surface area is 60.4 Å². The summed E-state index contributed by atoms with van der Waals surface area (Å²) in [4.78, 5) is 0. The van der Waals surface area contributed by atoms with Crippen LogP contribution in [0.15, 0.2) is 12.2 Å². The maximum Gasteiger partial charge on any atom is 0.146 e. The molecule has 0 aliphatic heterocycles. The van der Waals surface area contributed by atoms with Crippen molar-refractivity contribution in [1.82, 2.24) is 0 Å². The van der Waals surface area contributed by atoms with Crippen molar-refractivity contribution in [3.05, 3.63) is 12.2 Å². The van der Waals surface area contributed by atoms with Gasteiger partial charge < -0.3 is 9.47 Å². The van der Waals surface area contributed by atoms with Gasteiger partial charge in [-0.1, -0.05) is 6.58 Å². The van der Waals surface area contributed by atoms with Gasteiger partial charge in [-0.2, -0.15) is 0 Å². The maximum atomic E-state index is 5.41. The Morgan fingerprint density at radius 1 is 1.67 bits per heavy atom. The Balaban J connectivity index is 2.97. The number of halogens is 1. The number of ether oxygens (including phenoxy) is 2. The normalized spacial score (nSPS) is 9.56. The second-order valence-corrected chi connectivity index (χ2v) is 1.91. The molecule has 0 aromatic carbocycles. The number of alkyl halides is 1. The van der Waals surface area contributed by atoms with Crippen LogP contribution in [0, 0.1) is 0 Å². The van der Waals surface area contributed by atoms with Gasteiger partial charge in [-0.3, -0.25) is 0 Å². The molecule has 0 fully saturated rings. The van der Waals surface area contributed by atoms with Crippen molar-refractivity contribution in [3.8, 4) is 0 Å². The van der Waals surface area contributed by atoms with Crippen LogP contribution < -0.4 is 0 Å². The Hall–Kier alpha value is -0.0500. The molecule has 0 unspecified atom stereocenters. The van der Waals surface area contributed by atoms with E-state index in [0.29, 0.717) is 19.3 Å². The van der Waals surface area contributed by atoms with E-state index >= 15 is 0 Å². The highest BCUT2D eigenvalue weighted by Crippen LogP contribution is 1.93. The predicted molar refractivity (Wildman–Crippen MR) is 37.7 cm³/mol. The number of methoxy groups -OCH3 is 1. The molecule has 0 saturated heterocycles. The average Bonchev–Trinajstić information content (AvgIpc) is 1.89. The van der Waals surface area contributed by atoms with E-state index in [4.69, 9.17) is 16.3 Å².